The summed E-state index contributed by atoms with van der Waals surface area (Å²) in [5.74, 6) is 0.140. The topological polar surface area (TPSA) is 55.1 Å². The van der Waals surface area contributed by atoms with E-state index in [1.807, 2.05) is 72.8 Å². The quantitative estimate of drug-likeness (QED) is 0.451. The van der Waals surface area contributed by atoms with Gasteiger partial charge in [-0.05, 0) is 24.6 Å². The smallest absolute Gasteiger partial charge is 0.261 e. The molecule has 0 atom stereocenters. The summed E-state index contributed by atoms with van der Waals surface area (Å²) in [5, 5.41) is 7.58. The molecule has 1 N–H and O–H groups in total. The van der Waals surface area contributed by atoms with Gasteiger partial charge < -0.3 is 9.84 Å². The number of hydrogen-bond acceptors (Lipinski definition) is 3. The van der Waals surface area contributed by atoms with Gasteiger partial charge in [0.25, 0.3) is 5.91 Å². The third-order valence-corrected chi connectivity index (χ3v) is 4.81. The number of carbonyl (C=O) groups excluding carboxylic acids is 1. The second-order valence-electron chi connectivity index (χ2n) is 6.31. The summed E-state index contributed by atoms with van der Waals surface area (Å²) in [4.78, 5) is 13.1. The standard InChI is InChI=1S/C23H17ClN2O2/c1-15-21(22(26-28-15)18-12-5-7-13-19(18)24)23(27)25-20-14-8-6-11-17(20)16-9-3-2-4-10-16/h2-14H,1H3,(H,25,27). The first-order valence-corrected chi connectivity index (χ1v) is 9.20. The highest BCUT2D eigenvalue weighted by molar-refractivity contribution is 6.33. The van der Waals surface area contributed by atoms with Crippen LogP contribution in [-0.4, -0.2) is 11.1 Å². The molecule has 0 aliphatic rings. The van der Waals surface area contributed by atoms with Crippen molar-refractivity contribution in [1.82, 2.24) is 5.16 Å². The summed E-state index contributed by atoms with van der Waals surface area (Å²) in [6.07, 6.45) is 0. The third kappa shape index (κ3) is 3.42. The molecule has 4 nitrogen and oxygen atoms in total. The molecule has 0 saturated heterocycles. The van der Waals surface area contributed by atoms with Crippen molar-refractivity contribution in [2.45, 2.75) is 6.92 Å². The minimum absolute atomic E-state index is 0.294. The zero-order valence-corrected chi connectivity index (χ0v) is 15.9. The van der Waals surface area contributed by atoms with E-state index in [2.05, 4.69) is 10.5 Å². The van der Waals surface area contributed by atoms with E-state index in [1.54, 1.807) is 13.0 Å². The number of carbonyl (C=O) groups is 1. The molecule has 0 aliphatic carbocycles. The predicted molar refractivity (Wildman–Crippen MR) is 112 cm³/mol. The van der Waals surface area contributed by atoms with Crippen molar-refractivity contribution in [3.05, 3.63) is 95.2 Å². The van der Waals surface area contributed by atoms with Crippen LogP contribution in [0.4, 0.5) is 5.69 Å². The molecule has 1 heterocycles. The van der Waals surface area contributed by atoms with E-state index >= 15 is 0 Å². The summed E-state index contributed by atoms with van der Waals surface area (Å²) >= 11 is 6.30. The minimum Gasteiger partial charge on any atom is -0.360 e. The van der Waals surface area contributed by atoms with Gasteiger partial charge in [0, 0.05) is 16.8 Å². The SMILES string of the molecule is Cc1onc(-c2ccccc2Cl)c1C(=O)Nc1ccccc1-c1ccccc1. The summed E-state index contributed by atoms with van der Waals surface area (Å²) in [6, 6.07) is 24.8. The fraction of sp³-hybridized carbons (Fsp3) is 0.0435. The van der Waals surface area contributed by atoms with Crippen molar-refractivity contribution in [2.24, 2.45) is 0 Å². The third-order valence-electron chi connectivity index (χ3n) is 4.48. The van der Waals surface area contributed by atoms with Crippen molar-refractivity contribution in [2.75, 3.05) is 5.32 Å². The maximum Gasteiger partial charge on any atom is 0.261 e. The first kappa shape index (κ1) is 18.0. The lowest BCUT2D eigenvalue weighted by Gasteiger charge is -2.12. The maximum atomic E-state index is 13.1. The fourth-order valence-corrected chi connectivity index (χ4v) is 3.35. The highest BCUT2D eigenvalue weighted by Crippen LogP contribution is 2.33. The number of aromatic nitrogens is 1. The number of halogens is 1. The molecule has 0 bridgehead atoms. The van der Waals surface area contributed by atoms with Gasteiger partial charge in [-0.1, -0.05) is 83.5 Å². The summed E-state index contributed by atoms with van der Waals surface area (Å²) in [6.45, 7) is 1.71. The van der Waals surface area contributed by atoms with Crippen molar-refractivity contribution < 1.29 is 9.32 Å². The number of benzene rings is 3. The van der Waals surface area contributed by atoms with Gasteiger partial charge in [0.1, 0.15) is 17.0 Å². The number of nitrogens with zero attached hydrogens (tertiary/aromatic N) is 1. The molecular weight excluding hydrogens is 372 g/mol. The van der Waals surface area contributed by atoms with Gasteiger partial charge in [-0.25, -0.2) is 0 Å². The number of rotatable bonds is 4. The number of hydrogen-bond donors (Lipinski definition) is 1. The van der Waals surface area contributed by atoms with Crippen molar-refractivity contribution in [3.8, 4) is 22.4 Å². The Bertz CT molecular complexity index is 1140. The molecule has 138 valence electrons. The highest BCUT2D eigenvalue weighted by Gasteiger charge is 2.23. The zero-order valence-electron chi connectivity index (χ0n) is 15.1. The molecule has 5 heteroatoms. The van der Waals surface area contributed by atoms with Crippen LogP contribution < -0.4 is 5.32 Å². The molecule has 1 aromatic heterocycles. The lowest BCUT2D eigenvalue weighted by atomic mass is 10.0. The normalized spacial score (nSPS) is 10.6. The van der Waals surface area contributed by atoms with Crippen molar-refractivity contribution in [3.63, 3.8) is 0 Å². The Morgan fingerprint density at radius 2 is 1.54 bits per heavy atom. The van der Waals surface area contributed by atoms with Crippen LogP contribution in [0.5, 0.6) is 0 Å². The largest absolute Gasteiger partial charge is 0.360 e. The number of amides is 1. The first-order chi connectivity index (χ1) is 13.6. The molecule has 0 fully saturated rings. The van der Waals surface area contributed by atoms with Gasteiger partial charge in [0.05, 0.1) is 5.02 Å². The van der Waals surface area contributed by atoms with Gasteiger partial charge >= 0.3 is 0 Å². The summed E-state index contributed by atoms with van der Waals surface area (Å²) in [7, 11) is 0. The van der Waals surface area contributed by atoms with Gasteiger partial charge in [-0.3, -0.25) is 4.79 Å². The Morgan fingerprint density at radius 3 is 2.29 bits per heavy atom. The molecule has 0 unspecified atom stereocenters. The summed E-state index contributed by atoms with van der Waals surface area (Å²) in [5.41, 5.74) is 4.12. The molecule has 4 aromatic rings. The zero-order chi connectivity index (χ0) is 19.5. The maximum absolute atomic E-state index is 13.1. The van der Waals surface area contributed by atoms with Gasteiger partial charge in [0.15, 0.2) is 0 Å². The lowest BCUT2D eigenvalue weighted by molar-refractivity contribution is 0.102. The summed E-state index contributed by atoms with van der Waals surface area (Å²) < 4.78 is 5.31. The van der Waals surface area contributed by atoms with E-state index in [4.69, 9.17) is 16.1 Å². The number of aryl methyl sites for hydroxylation is 1. The van der Waals surface area contributed by atoms with Crippen LogP contribution in [0.1, 0.15) is 16.1 Å². The van der Waals surface area contributed by atoms with Crippen molar-refractivity contribution in [1.29, 1.82) is 0 Å². The van der Waals surface area contributed by atoms with E-state index < -0.39 is 0 Å². The monoisotopic (exact) mass is 388 g/mol. The molecule has 3 aromatic carbocycles. The first-order valence-electron chi connectivity index (χ1n) is 8.82. The molecule has 28 heavy (non-hydrogen) atoms. The highest BCUT2D eigenvalue weighted by atomic mass is 35.5. The van der Waals surface area contributed by atoms with E-state index in [0.717, 1.165) is 11.1 Å². The second kappa shape index (κ2) is 7.71. The average Bonchev–Trinajstić information content (AvgIpc) is 3.11. The Kier molecular flexibility index (Phi) is 4.96. The number of para-hydroxylation sites is 1. The molecule has 0 radical (unpaired) electrons. The van der Waals surface area contributed by atoms with Crippen LogP contribution in [0.25, 0.3) is 22.4 Å². The van der Waals surface area contributed by atoms with Crippen molar-refractivity contribution >= 4 is 23.2 Å². The second-order valence-corrected chi connectivity index (χ2v) is 6.72. The Balaban J connectivity index is 1.72. The van der Waals surface area contributed by atoms with E-state index in [9.17, 15) is 4.79 Å². The minimum atomic E-state index is -0.294. The Hall–Kier alpha value is -3.37. The molecule has 1 amide bonds. The van der Waals surface area contributed by atoms with E-state index in [1.165, 1.54) is 0 Å². The lowest BCUT2D eigenvalue weighted by Crippen LogP contribution is -2.14. The van der Waals surface area contributed by atoms with Gasteiger partial charge in [0.2, 0.25) is 0 Å². The molecular formula is C23H17ClN2O2. The van der Waals surface area contributed by atoms with Crippen LogP contribution in [0.15, 0.2) is 83.4 Å². The van der Waals surface area contributed by atoms with Crippen LogP contribution in [0, 0.1) is 6.92 Å². The molecule has 0 saturated carbocycles. The number of anilines is 1. The molecule has 0 aliphatic heterocycles. The van der Waals surface area contributed by atoms with Crippen LogP contribution in [0.3, 0.4) is 0 Å². The number of nitrogens with one attached hydrogen (secondary N) is 1. The van der Waals surface area contributed by atoms with Gasteiger partial charge in [-0.2, -0.15) is 0 Å². The molecule has 4 rings (SSSR count). The van der Waals surface area contributed by atoms with Gasteiger partial charge in [-0.15, -0.1) is 0 Å². The van der Waals surface area contributed by atoms with E-state index in [0.29, 0.717) is 33.3 Å². The molecule has 0 spiro atoms. The fourth-order valence-electron chi connectivity index (χ4n) is 3.12. The van der Waals surface area contributed by atoms with Crippen LogP contribution >= 0.6 is 11.6 Å². The Labute approximate surface area is 167 Å². The Morgan fingerprint density at radius 1 is 0.893 bits per heavy atom. The van der Waals surface area contributed by atoms with Crippen LogP contribution in [-0.2, 0) is 0 Å². The van der Waals surface area contributed by atoms with E-state index in [-0.39, 0.29) is 5.91 Å². The predicted octanol–water partition coefficient (Wildman–Crippen LogP) is 6.22. The average molecular weight is 389 g/mol. The van der Waals surface area contributed by atoms with Crippen LogP contribution in [0.2, 0.25) is 5.02 Å².